The number of amides is 4. The van der Waals surface area contributed by atoms with Crippen molar-refractivity contribution < 1.29 is 27.5 Å². The summed E-state index contributed by atoms with van der Waals surface area (Å²) in [6.07, 6.45) is -0.478. The second kappa shape index (κ2) is 11.7. The Balaban J connectivity index is 2.01. The first-order chi connectivity index (χ1) is 15.9. The first-order valence-electron chi connectivity index (χ1n) is 10.8. The van der Waals surface area contributed by atoms with Gasteiger partial charge >= 0.3 is 12.1 Å². The Morgan fingerprint density at radius 3 is 2.24 bits per heavy atom. The second-order valence-corrected chi connectivity index (χ2v) is 11.0. The van der Waals surface area contributed by atoms with Crippen molar-refractivity contribution in [2.45, 2.75) is 38.2 Å². The van der Waals surface area contributed by atoms with E-state index in [0.717, 1.165) is 0 Å². The number of ether oxygens (including phenoxy) is 1. The molecule has 1 heterocycles. The fourth-order valence-corrected chi connectivity index (χ4v) is 4.79. The van der Waals surface area contributed by atoms with Crippen LogP contribution in [-0.4, -0.2) is 86.4 Å². The van der Waals surface area contributed by atoms with Gasteiger partial charge in [-0.15, -0.1) is 0 Å². The molecular formula is C22H31N5O6S. The molecule has 2 rings (SSSR count). The summed E-state index contributed by atoms with van der Waals surface area (Å²) in [6.45, 7) is 5.81. The molecule has 11 nitrogen and oxygen atoms in total. The van der Waals surface area contributed by atoms with Crippen LogP contribution < -0.4 is 10.6 Å². The monoisotopic (exact) mass is 493 g/mol. The lowest BCUT2D eigenvalue weighted by Crippen LogP contribution is -2.58. The van der Waals surface area contributed by atoms with E-state index < -0.39 is 45.3 Å². The van der Waals surface area contributed by atoms with E-state index in [0.29, 0.717) is 5.56 Å². The Hall–Kier alpha value is -3.33. The molecule has 1 aromatic carbocycles. The number of rotatable bonds is 7. The zero-order valence-corrected chi connectivity index (χ0v) is 20.4. The molecule has 1 atom stereocenters. The second-order valence-electron chi connectivity index (χ2n) is 8.87. The largest absolute Gasteiger partial charge is 0.444 e. The minimum Gasteiger partial charge on any atom is -0.444 e. The molecule has 0 radical (unpaired) electrons. The van der Waals surface area contributed by atoms with Crippen molar-refractivity contribution in [3.63, 3.8) is 0 Å². The maximum Gasteiger partial charge on any atom is 0.410 e. The van der Waals surface area contributed by atoms with Gasteiger partial charge in [-0.05, 0) is 26.3 Å². The number of nitrogens with one attached hydrogen (secondary N) is 2. The number of benzene rings is 1. The molecule has 0 aliphatic carbocycles. The zero-order chi connectivity index (χ0) is 25.4. The zero-order valence-electron chi connectivity index (χ0n) is 19.6. The van der Waals surface area contributed by atoms with Crippen LogP contribution in [0.3, 0.4) is 0 Å². The fraction of sp³-hybridized carbons (Fsp3) is 0.545. The average molecular weight is 494 g/mol. The fourth-order valence-electron chi connectivity index (χ4n) is 3.23. The highest BCUT2D eigenvalue weighted by Crippen LogP contribution is 2.12. The highest BCUT2D eigenvalue weighted by molar-refractivity contribution is 7.90. The third-order valence-corrected chi connectivity index (χ3v) is 6.44. The van der Waals surface area contributed by atoms with Gasteiger partial charge in [0.05, 0.1) is 17.6 Å². The van der Waals surface area contributed by atoms with Crippen molar-refractivity contribution in [3.8, 4) is 6.07 Å². The minimum absolute atomic E-state index is 0.189. The summed E-state index contributed by atoms with van der Waals surface area (Å²) in [5.41, 5.74) is -0.0795. The quantitative estimate of drug-likeness (QED) is 0.535. The molecule has 0 bridgehead atoms. The predicted molar refractivity (Wildman–Crippen MR) is 124 cm³/mol. The Morgan fingerprint density at radius 2 is 1.68 bits per heavy atom. The summed E-state index contributed by atoms with van der Waals surface area (Å²) in [6, 6.07) is 8.24. The summed E-state index contributed by atoms with van der Waals surface area (Å²) in [5, 5.41) is 13.5. The van der Waals surface area contributed by atoms with E-state index >= 15 is 0 Å². The van der Waals surface area contributed by atoms with Crippen molar-refractivity contribution in [3.05, 3.63) is 35.9 Å². The van der Waals surface area contributed by atoms with Crippen LogP contribution in [0.15, 0.2) is 30.3 Å². The van der Waals surface area contributed by atoms with Gasteiger partial charge in [-0.3, -0.25) is 4.79 Å². The SMILES string of the molecule is CC(C)(C)OC(=O)N1CCN(C(=O)N[C@@H](CS(=O)(=O)Cc2ccccc2)C(=O)NCC#N)CC1. The lowest BCUT2D eigenvalue weighted by Gasteiger charge is -2.36. The molecule has 1 fully saturated rings. The van der Waals surface area contributed by atoms with Crippen LogP contribution in [0.4, 0.5) is 9.59 Å². The van der Waals surface area contributed by atoms with Gasteiger partial charge in [0, 0.05) is 26.2 Å². The van der Waals surface area contributed by atoms with E-state index in [1.165, 1.54) is 9.80 Å². The predicted octanol–water partition coefficient (Wildman–Crippen LogP) is 0.872. The van der Waals surface area contributed by atoms with Crippen molar-refractivity contribution in [1.29, 1.82) is 5.26 Å². The molecule has 1 aromatic rings. The van der Waals surface area contributed by atoms with Gasteiger partial charge in [0.1, 0.15) is 18.2 Å². The number of carbonyl (C=O) groups is 3. The number of nitrogens with zero attached hydrogens (tertiary/aromatic N) is 3. The van der Waals surface area contributed by atoms with Crippen LogP contribution in [0.5, 0.6) is 0 Å². The number of piperazine rings is 1. The summed E-state index contributed by atoms with van der Waals surface area (Å²) in [4.78, 5) is 40.4. The van der Waals surface area contributed by atoms with E-state index in [2.05, 4.69) is 10.6 Å². The number of urea groups is 1. The van der Waals surface area contributed by atoms with Gasteiger partial charge in [-0.2, -0.15) is 5.26 Å². The molecule has 34 heavy (non-hydrogen) atoms. The van der Waals surface area contributed by atoms with Crippen molar-refractivity contribution in [2.75, 3.05) is 38.5 Å². The third kappa shape index (κ3) is 8.90. The lowest BCUT2D eigenvalue weighted by atomic mass is 10.2. The molecule has 0 saturated carbocycles. The number of hydrogen-bond acceptors (Lipinski definition) is 7. The number of hydrogen-bond donors (Lipinski definition) is 2. The first-order valence-corrected chi connectivity index (χ1v) is 12.6. The highest BCUT2D eigenvalue weighted by atomic mass is 32.2. The Bertz CT molecular complexity index is 1010. The van der Waals surface area contributed by atoms with Crippen LogP contribution in [-0.2, 0) is 25.1 Å². The molecule has 0 aromatic heterocycles. The van der Waals surface area contributed by atoms with E-state index in [-0.39, 0.29) is 38.5 Å². The van der Waals surface area contributed by atoms with E-state index in [4.69, 9.17) is 10.00 Å². The van der Waals surface area contributed by atoms with E-state index in [1.54, 1.807) is 57.2 Å². The smallest absolute Gasteiger partial charge is 0.410 e. The van der Waals surface area contributed by atoms with Crippen LogP contribution in [0.1, 0.15) is 26.3 Å². The van der Waals surface area contributed by atoms with Crippen LogP contribution in [0, 0.1) is 11.3 Å². The van der Waals surface area contributed by atoms with E-state index in [9.17, 15) is 22.8 Å². The van der Waals surface area contributed by atoms with Crippen molar-refractivity contribution >= 4 is 27.9 Å². The molecule has 0 unspecified atom stereocenters. The summed E-state index contributed by atoms with van der Waals surface area (Å²) < 4.78 is 30.8. The molecule has 12 heteroatoms. The number of carbonyl (C=O) groups excluding carboxylic acids is 3. The Labute approximate surface area is 200 Å². The lowest BCUT2D eigenvalue weighted by molar-refractivity contribution is -0.122. The normalized spacial score (nSPS) is 15.1. The average Bonchev–Trinajstić information content (AvgIpc) is 2.76. The molecule has 4 amide bonds. The Morgan fingerprint density at radius 1 is 1.09 bits per heavy atom. The van der Waals surface area contributed by atoms with E-state index in [1.807, 2.05) is 0 Å². The molecule has 1 saturated heterocycles. The standard InChI is InChI=1S/C22H31N5O6S/c1-22(2,3)33-21(30)27-13-11-26(12-14-27)20(29)25-18(19(28)24-10-9-23)16-34(31,32)15-17-7-5-4-6-8-17/h4-8,18H,10-16H2,1-3H3,(H,24,28)(H,25,29)/t18-/m0/s1. The summed E-state index contributed by atoms with van der Waals surface area (Å²) >= 11 is 0. The van der Waals surface area contributed by atoms with Crippen LogP contribution >= 0.6 is 0 Å². The molecular weight excluding hydrogens is 462 g/mol. The van der Waals surface area contributed by atoms with Crippen LogP contribution in [0.25, 0.3) is 0 Å². The molecule has 1 aliphatic rings. The number of sulfone groups is 1. The maximum atomic E-state index is 12.8. The van der Waals surface area contributed by atoms with Gasteiger partial charge in [0.25, 0.3) is 0 Å². The summed E-state index contributed by atoms with van der Waals surface area (Å²) in [7, 11) is -3.76. The molecule has 186 valence electrons. The molecule has 0 spiro atoms. The molecule has 2 N–H and O–H groups in total. The van der Waals surface area contributed by atoms with Gasteiger partial charge in [0.15, 0.2) is 9.84 Å². The van der Waals surface area contributed by atoms with Gasteiger partial charge in [0.2, 0.25) is 5.91 Å². The van der Waals surface area contributed by atoms with Gasteiger partial charge < -0.3 is 25.2 Å². The topological polar surface area (TPSA) is 149 Å². The summed E-state index contributed by atoms with van der Waals surface area (Å²) in [5.74, 6) is -1.68. The van der Waals surface area contributed by atoms with Crippen molar-refractivity contribution in [1.82, 2.24) is 20.4 Å². The number of nitriles is 1. The van der Waals surface area contributed by atoms with Crippen LogP contribution in [0.2, 0.25) is 0 Å². The van der Waals surface area contributed by atoms with Gasteiger partial charge in [-0.1, -0.05) is 30.3 Å². The third-order valence-electron chi connectivity index (χ3n) is 4.82. The Kier molecular flexibility index (Phi) is 9.26. The minimum atomic E-state index is -3.76. The highest BCUT2D eigenvalue weighted by Gasteiger charge is 2.31. The first kappa shape index (κ1) is 26.9. The van der Waals surface area contributed by atoms with Gasteiger partial charge in [-0.25, -0.2) is 18.0 Å². The van der Waals surface area contributed by atoms with Crippen molar-refractivity contribution in [2.24, 2.45) is 0 Å². The molecule has 1 aliphatic heterocycles. The maximum absolute atomic E-state index is 12.8.